The molecule has 0 spiro atoms. The first kappa shape index (κ1) is 15.6. The van der Waals surface area contributed by atoms with Gasteiger partial charge in [-0.2, -0.15) is 0 Å². The molecule has 3 aromatic rings. The van der Waals surface area contributed by atoms with Crippen LogP contribution in [0.4, 0.5) is 0 Å². The average Bonchev–Trinajstić information content (AvgIpc) is 2.61. The molecule has 0 N–H and O–H groups in total. The van der Waals surface area contributed by atoms with E-state index in [1.165, 1.54) is 38.9 Å². The van der Waals surface area contributed by atoms with E-state index in [0.717, 1.165) is 12.8 Å². The van der Waals surface area contributed by atoms with Gasteiger partial charge in [-0.05, 0) is 58.7 Å². The summed E-state index contributed by atoms with van der Waals surface area (Å²) < 4.78 is 0. The Morgan fingerprint density at radius 1 is 0.565 bits per heavy atom. The maximum absolute atomic E-state index is 2.27. The molecule has 3 rings (SSSR count). The minimum absolute atomic E-state index is 1.05. The van der Waals surface area contributed by atoms with Gasteiger partial charge in [-0.3, -0.25) is 0 Å². The summed E-state index contributed by atoms with van der Waals surface area (Å²) in [5, 5.41) is 0. The molecule has 0 nitrogen and oxygen atoms in total. The van der Waals surface area contributed by atoms with Crippen LogP contribution in [-0.2, 0) is 12.8 Å². The fourth-order valence-corrected chi connectivity index (χ4v) is 3.41. The molecule has 0 saturated carbocycles. The van der Waals surface area contributed by atoms with Crippen LogP contribution in [0.3, 0.4) is 0 Å². The second-order valence-electron chi connectivity index (χ2n) is 6.02. The average molecular weight is 300 g/mol. The molecule has 0 aliphatic heterocycles. The molecule has 116 valence electrons. The Balaban J connectivity index is 2.30. The minimum Gasteiger partial charge on any atom is -0.0620 e. The van der Waals surface area contributed by atoms with Crippen molar-refractivity contribution in [1.29, 1.82) is 0 Å². The van der Waals surface area contributed by atoms with Crippen molar-refractivity contribution in [2.45, 2.75) is 33.6 Å². The van der Waals surface area contributed by atoms with Gasteiger partial charge in [-0.25, -0.2) is 0 Å². The molecule has 0 unspecified atom stereocenters. The fraction of sp³-hybridized carbons (Fsp3) is 0.217. The molecule has 0 aromatic heterocycles. The molecule has 23 heavy (non-hydrogen) atoms. The Kier molecular flexibility index (Phi) is 4.62. The van der Waals surface area contributed by atoms with Crippen molar-refractivity contribution < 1.29 is 0 Å². The normalized spacial score (nSPS) is 10.7. The molecule has 0 bridgehead atoms. The summed E-state index contributed by atoms with van der Waals surface area (Å²) in [6.07, 6.45) is 2.11. The number of benzene rings is 3. The van der Waals surface area contributed by atoms with E-state index < -0.39 is 0 Å². The molecule has 0 aliphatic carbocycles. The van der Waals surface area contributed by atoms with Gasteiger partial charge in [0.25, 0.3) is 0 Å². The molecular formula is C23H24. The number of hydrogen-bond donors (Lipinski definition) is 0. The van der Waals surface area contributed by atoms with Gasteiger partial charge in [0.15, 0.2) is 0 Å². The number of hydrogen-bond acceptors (Lipinski definition) is 0. The van der Waals surface area contributed by atoms with E-state index in [1.54, 1.807) is 0 Å². The van der Waals surface area contributed by atoms with E-state index in [-0.39, 0.29) is 0 Å². The highest BCUT2D eigenvalue weighted by molar-refractivity contribution is 5.88. The standard InChI is InChI=1S/C23H24/c1-4-18-12-6-8-14-20(18)22-16-10-11-17(3)23(22)21-15-9-7-13-19(21)5-2/h6-16H,4-5H2,1-3H3. The topological polar surface area (TPSA) is 0 Å². The van der Waals surface area contributed by atoms with Crippen LogP contribution in [0.1, 0.15) is 30.5 Å². The smallest absolute Gasteiger partial charge is 0.00733 e. The lowest BCUT2D eigenvalue weighted by atomic mass is 9.86. The summed E-state index contributed by atoms with van der Waals surface area (Å²) in [5.74, 6) is 0. The maximum atomic E-state index is 2.27. The van der Waals surface area contributed by atoms with Crippen molar-refractivity contribution >= 4 is 0 Å². The van der Waals surface area contributed by atoms with E-state index in [0.29, 0.717) is 0 Å². The lowest BCUT2D eigenvalue weighted by Crippen LogP contribution is -1.95. The van der Waals surface area contributed by atoms with E-state index in [2.05, 4.69) is 87.5 Å². The summed E-state index contributed by atoms with van der Waals surface area (Å²) >= 11 is 0. The van der Waals surface area contributed by atoms with Crippen molar-refractivity contribution in [1.82, 2.24) is 0 Å². The van der Waals surface area contributed by atoms with E-state index >= 15 is 0 Å². The van der Waals surface area contributed by atoms with Crippen molar-refractivity contribution in [2.75, 3.05) is 0 Å². The van der Waals surface area contributed by atoms with Crippen LogP contribution in [0.2, 0.25) is 0 Å². The molecule has 0 saturated heterocycles. The quantitative estimate of drug-likeness (QED) is 0.519. The Bertz CT molecular complexity index is 812. The van der Waals surface area contributed by atoms with Crippen LogP contribution in [0.5, 0.6) is 0 Å². The highest BCUT2D eigenvalue weighted by Crippen LogP contribution is 2.38. The van der Waals surface area contributed by atoms with Gasteiger partial charge in [0.2, 0.25) is 0 Å². The Hall–Kier alpha value is -2.34. The molecule has 0 aliphatic rings. The second kappa shape index (κ2) is 6.83. The predicted molar refractivity (Wildman–Crippen MR) is 101 cm³/mol. The van der Waals surface area contributed by atoms with Crippen LogP contribution in [0.15, 0.2) is 66.7 Å². The van der Waals surface area contributed by atoms with Gasteiger partial charge in [0.05, 0.1) is 0 Å². The zero-order valence-electron chi connectivity index (χ0n) is 14.3. The molecular weight excluding hydrogens is 276 g/mol. The van der Waals surface area contributed by atoms with Gasteiger partial charge in [0, 0.05) is 0 Å². The third-order valence-electron chi connectivity index (χ3n) is 4.63. The van der Waals surface area contributed by atoms with Crippen LogP contribution < -0.4 is 0 Å². The van der Waals surface area contributed by atoms with Crippen LogP contribution in [0, 0.1) is 6.92 Å². The second-order valence-corrected chi connectivity index (χ2v) is 6.02. The SMILES string of the molecule is CCc1ccccc1-c1cccc(C)c1-c1ccccc1CC. The lowest BCUT2D eigenvalue weighted by Gasteiger charge is -2.18. The highest BCUT2D eigenvalue weighted by atomic mass is 14.2. The number of rotatable bonds is 4. The first-order chi connectivity index (χ1) is 11.3. The largest absolute Gasteiger partial charge is 0.0620 e. The van der Waals surface area contributed by atoms with Crippen molar-refractivity contribution in [2.24, 2.45) is 0 Å². The first-order valence-corrected chi connectivity index (χ1v) is 8.52. The third kappa shape index (κ3) is 2.94. The van der Waals surface area contributed by atoms with Crippen LogP contribution in [-0.4, -0.2) is 0 Å². The summed E-state index contributed by atoms with van der Waals surface area (Å²) in [7, 11) is 0. The Morgan fingerprint density at radius 2 is 1.09 bits per heavy atom. The Morgan fingerprint density at radius 3 is 1.74 bits per heavy atom. The minimum atomic E-state index is 1.05. The maximum Gasteiger partial charge on any atom is -0.00733 e. The van der Waals surface area contributed by atoms with Gasteiger partial charge in [-0.1, -0.05) is 80.6 Å². The van der Waals surface area contributed by atoms with Crippen LogP contribution >= 0.6 is 0 Å². The summed E-state index contributed by atoms with van der Waals surface area (Å²) in [6.45, 7) is 6.69. The lowest BCUT2D eigenvalue weighted by molar-refractivity contribution is 1.14. The predicted octanol–water partition coefficient (Wildman–Crippen LogP) is 6.45. The zero-order valence-corrected chi connectivity index (χ0v) is 14.3. The van der Waals surface area contributed by atoms with E-state index in [9.17, 15) is 0 Å². The van der Waals surface area contributed by atoms with Crippen molar-refractivity contribution in [3.63, 3.8) is 0 Å². The molecule has 0 amide bonds. The van der Waals surface area contributed by atoms with Gasteiger partial charge in [-0.15, -0.1) is 0 Å². The van der Waals surface area contributed by atoms with Crippen molar-refractivity contribution in [3.8, 4) is 22.3 Å². The molecule has 0 heterocycles. The summed E-state index contributed by atoms with van der Waals surface area (Å²) in [6, 6.07) is 24.2. The molecule has 0 radical (unpaired) electrons. The van der Waals surface area contributed by atoms with Gasteiger partial charge < -0.3 is 0 Å². The highest BCUT2D eigenvalue weighted by Gasteiger charge is 2.14. The summed E-state index contributed by atoms with van der Waals surface area (Å²) in [5.41, 5.74) is 9.63. The first-order valence-electron chi connectivity index (χ1n) is 8.52. The molecule has 0 heteroatoms. The monoisotopic (exact) mass is 300 g/mol. The van der Waals surface area contributed by atoms with Crippen molar-refractivity contribution in [3.05, 3.63) is 83.4 Å². The molecule has 0 fully saturated rings. The van der Waals surface area contributed by atoms with Crippen LogP contribution in [0.25, 0.3) is 22.3 Å². The molecule has 0 atom stereocenters. The fourth-order valence-electron chi connectivity index (χ4n) is 3.41. The van der Waals surface area contributed by atoms with Gasteiger partial charge >= 0.3 is 0 Å². The van der Waals surface area contributed by atoms with E-state index in [4.69, 9.17) is 0 Å². The van der Waals surface area contributed by atoms with E-state index in [1.807, 2.05) is 0 Å². The Labute approximate surface area is 139 Å². The summed E-state index contributed by atoms with van der Waals surface area (Å²) in [4.78, 5) is 0. The third-order valence-corrected chi connectivity index (χ3v) is 4.63. The van der Waals surface area contributed by atoms with Gasteiger partial charge in [0.1, 0.15) is 0 Å². The number of aryl methyl sites for hydroxylation is 3. The zero-order chi connectivity index (χ0) is 16.2. The molecule has 3 aromatic carbocycles.